The summed E-state index contributed by atoms with van der Waals surface area (Å²) in [6.07, 6.45) is 0. The molecule has 7 heteroatoms. The molecule has 0 saturated carbocycles. The monoisotopic (exact) mass is 258 g/mol. The molecule has 0 bridgehead atoms. The van der Waals surface area contributed by atoms with Gasteiger partial charge >= 0.3 is 0 Å². The zero-order chi connectivity index (χ0) is 12.8. The van der Waals surface area contributed by atoms with Gasteiger partial charge in [-0.3, -0.25) is 4.79 Å². The maximum absolute atomic E-state index is 11.7. The fourth-order valence-corrected chi connectivity index (χ4v) is 1.93. The number of rotatable bonds is 6. The molecule has 0 unspecified atom stereocenters. The van der Waals surface area contributed by atoms with E-state index < -0.39 is 0 Å². The standard InChI is InChI=1S/C10H18N4O2S/c1-4-14(5-2)8(15)6-17-10-13-12-9(16-10)7(3)11/h7H,4-6,11H2,1-3H3/t7-/m0/s1. The van der Waals surface area contributed by atoms with E-state index in [0.717, 1.165) is 0 Å². The molecule has 0 aliphatic heterocycles. The molecule has 0 aliphatic carbocycles. The molecule has 1 rings (SSSR count). The van der Waals surface area contributed by atoms with Crippen LogP contribution in [0.3, 0.4) is 0 Å². The van der Waals surface area contributed by atoms with Crippen molar-refractivity contribution in [3.8, 4) is 0 Å². The van der Waals surface area contributed by atoms with E-state index in [-0.39, 0.29) is 11.9 Å². The Morgan fingerprint density at radius 2 is 2.12 bits per heavy atom. The van der Waals surface area contributed by atoms with E-state index in [1.54, 1.807) is 11.8 Å². The summed E-state index contributed by atoms with van der Waals surface area (Å²) >= 11 is 1.24. The Morgan fingerprint density at radius 3 is 2.59 bits per heavy atom. The third-order valence-corrected chi connectivity index (χ3v) is 3.05. The van der Waals surface area contributed by atoms with Gasteiger partial charge in [-0.1, -0.05) is 11.8 Å². The lowest BCUT2D eigenvalue weighted by atomic mass is 10.4. The highest BCUT2D eigenvalue weighted by molar-refractivity contribution is 7.99. The van der Waals surface area contributed by atoms with Crippen molar-refractivity contribution < 1.29 is 9.21 Å². The number of nitrogens with two attached hydrogens (primary N) is 1. The van der Waals surface area contributed by atoms with Crippen molar-refractivity contribution in [1.29, 1.82) is 0 Å². The molecule has 2 N–H and O–H groups in total. The molecule has 1 amide bonds. The van der Waals surface area contributed by atoms with Crippen molar-refractivity contribution in [2.24, 2.45) is 5.73 Å². The zero-order valence-corrected chi connectivity index (χ0v) is 11.2. The van der Waals surface area contributed by atoms with Crippen LogP contribution in [0.4, 0.5) is 0 Å². The van der Waals surface area contributed by atoms with E-state index in [1.165, 1.54) is 11.8 Å². The highest BCUT2D eigenvalue weighted by Crippen LogP contribution is 2.18. The van der Waals surface area contributed by atoms with E-state index in [4.69, 9.17) is 10.2 Å². The Hall–Kier alpha value is -1.08. The van der Waals surface area contributed by atoms with Gasteiger partial charge < -0.3 is 15.1 Å². The Kier molecular flexibility index (Phi) is 5.43. The first-order valence-electron chi connectivity index (χ1n) is 5.58. The Balaban J connectivity index is 2.47. The lowest BCUT2D eigenvalue weighted by Gasteiger charge is -2.17. The van der Waals surface area contributed by atoms with Gasteiger partial charge in [-0.25, -0.2) is 0 Å². The zero-order valence-electron chi connectivity index (χ0n) is 10.3. The summed E-state index contributed by atoms with van der Waals surface area (Å²) in [5.74, 6) is 0.769. The molecule has 96 valence electrons. The van der Waals surface area contributed by atoms with Crippen LogP contribution in [0.15, 0.2) is 9.64 Å². The van der Waals surface area contributed by atoms with Gasteiger partial charge in [0.15, 0.2) is 0 Å². The average molecular weight is 258 g/mol. The van der Waals surface area contributed by atoms with Crippen molar-refractivity contribution in [2.75, 3.05) is 18.8 Å². The summed E-state index contributed by atoms with van der Waals surface area (Å²) in [5, 5.41) is 7.99. The number of carbonyl (C=O) groups excluding carboxylic acids is 1. The minimum Gasteiger partial charge on any atom is -0.414 e. The van der Waals surface area contributed by atoms with Gasteiger partial charge in [0.1, 0.15) is 0 Å². The van der Waals surface area contributed by atoms with Crippen molar-refractivity contribution in [3.05, 3.63) is 5.89 Å². The SMILES string of the molecule is CCN(CC)C(=O)CSc1nnc([C@H](C)N)o1. The maximum Gasteiger partial charge on any atom is 0.277 e. The molecule has 1 aromatic heterocycles. The van der Waals surface area contributed by atoms with E-state index in [9.17, 15) is 4.79 Å². The fourth-order valence-electron chi connectivity index (χ4n) is 1.25. The van der Waals surface area contributed by atoms with Gasteiger partial charge in [-0.05, 0) is 20.8 Å². The molecule has 0 spiro atoms. The Morgan fingerprint density at radius 1 is 1.47 bits per heavy atom. The van der Waals surface area contributed by atoms with Gasteiger partial charge in [0.25, 0.3) is 5.22 Å². The lowest BCUT2D eigenvalue weighted by Crippen LogP contribution is -2.31. The number of carbonyl (C=O) groups is 1. The third kappa shape index (κ3) is 4.01. The molecular formula is C10H18N4O2S. The van der Waals surface area contributed by atoms with Crippen molar-refractivity contribution in [1.82, 2.24) is 15.1 Å². The number of thioether (sulfide) groups is 1. The van der Waals surface area contributed by atoms with Crippen LogP contribution >= 0.6 is 11.8 Å². The molecule has 17 heavy (non-hydrogen) atoms. The van der Waals surface area contributed by atoms with Crippen LogP contribution < -0.4 is 5.73 Å². The molecule has 1 atom stereocenters. The molecule has 0 saturated heterocycles. The van der Waals surface area contributed by atoms with Gasteiger partial charge in [-0.2, -0.15) is 0 Å². The number of hydrogen-bond acceptors (Lipinski definition) is 6. The summed E-state index contributed by atoms with van der Waals surface area (Å²) < 4.78 is 5.29. The molecule has 0 radical (unpaired) electrons. The maximum atomic E-state index is 11.7. The summed E-state index contributed by atoms with van der Waals surface area (Å²) in [6, 6.07) is -0.282. The number of amides is 1. The number of nitrogens with zero attached hydrogens (tertiary/aromatic N) is 3. The van der Waals surface area contributed by atoms with Gasteiger partial charge in [0, 0.05) is 13.1 Å². The van der Waals surface area contributed by atoms with Gasteiger partial charge in [-0.15, -0.1) is 10.2 Å². The second-order valence-corrected chi connectivity index (χ2v) is 4.48. The van der Waals surface area contributed by atoms with E-state index in [0.29, 0.717) is 30.0 Å². The topological polar surface area (TPSA) is 85.2 Å². The highest BCUT2D eigenvalue weighted by atomic mass is 32.2. The summed E-state index contributed by atoms with van der Waals surface area (Å²) in [5.41, 5.74) is 5.59. The lowest BCUT2D eigenvalue weighted by molar-refractivity contribution is -0.127. The average Bonchev–Trinajstić information content (AvgIpc) is 2.76. The Labute approximate surface area is 105 Å². The molecule has 1 heterocycles. The number of hydrogen-bond donors (Lipinski definition) is 1. The van der Waals surface area contributed by atoms with Crippen molar-refractivity contribution in [3.63, 3.8) is 0 Å². The summed E-state index contributed by atoms with van der Waals surface area (Å²) in [4.78, 5) is 13.5. The van der Waals surface area contributed by atoms with E-state index in [2.05, 4.69) is 10.2 Å². The van der Waals surface area contributed by atoms with Crippen molar-refractivity contribution in [2.45, 2.75) is 32.0 Å². The molecule has 6 nitrogen and oxygen atoms in total. The van der Waals surface area contributed by atoms with Crippen LogP contribution in [0.5, 0.6) is 0 Å². The minimum absolute atomic E-state index is 0.0700. The van der Waals surface area contributed by atoms with Crippen LogP contribution in [0.2, 0.25) is 0 Å². The minimum atomic E-state index is -0.282. The van der Waals surface area contributed by atoms with Gasteiger partial charge in [0.2, 0.25) is 11.8 Å². The Bertz CT molecular complexity index is 363. The first kappa shape index (κ1) is 14.0. The molecular weight excluding hydrogens is 240 g/mol. The summed E-state index contributed by atoms with van der Waals surface area (Å²) in [7, 11) is 0. The first-order valence-corrected chi connectivity index (χ1v) is 6.56. The smallest absolute Gasteiger partial charge is 0.277 e. The number of aromatic nitrogens is 2. The van der Waals surface area contributed by atoms with E-state index >= 15 is 0 Å². The van der Waals surface area contributed by atoms with Gasteiger partial charge in [0.05, 0.1) is 11.8 Å². The first-order chi connectivity index (χ1) is 8.08. The largest absolute Gasteiger partial charge is 0.414 e. The molecule has 1 aromatic rings. The normalized spacial score (nSPS) is 12.5. The van der Waals surface area contributed by atoms with Crippen LogP contribution in [-0.4, -0.2) is 39.8 Å². The second-order valence-electron chi connectivity index (χ2n) is 3.55. The summed E-state index contributed by atoms with van der Waals surface area (Å²) in [6.45, 7) is 7.10. The van der Waals surface area contributed by atoms with Crippen LogP contribution in [0.1, 0.15) is 32.7 Å². The van der Waals surface area contributed by atoms with Crippen molar-refractivity contribution >= 4 is 17.7 Å². The fraction of sp³-hybridized carbons (Fsp3) is 0.700. The van der Waals surface area contributed by atoms with Crippen LogP contribution in [-0.2, 0) is 4.79 Å². The second kappa shape index (κ2) is 6.61. The third-order valence-electron chi connectivity index (χ3n) is 2.25. The van der Waals surface area contributed by atoms with E-state index in [1.807, 2.05) is 13.8 Å². The molecule has 0 fully saturated rings. The quantitative estimate of drug-likeness (QED) is 0.768. The highest BCUT2D eigenvalue weighted by Gasteiger charge is 2.14. The van der Waals surface area contributed by atoms with Crippen LogP contribution in [0, 0.1) is 0 Å². The predicted molar refractivity (Wildman–Crippen MR) is 65.6 cm³/mol. The molecule has 0 aromatic carbocycles. The molecule has 0 aliphatic rings. The van der Waals surface area contributed by atoms with Crippen LogP contribution in [0.25, 0.3) is 0 Å². The predicted octanol–water partition coefficient (Wildman–Crippen LogP) is 1.05.